The second-order valence-electron chi connectivity index (χ2n) is 6.47. The first-order valence-corrected chi connectivity index (χ1v) is 7.28. The van der Waals surface area contributed by atoms with E-state index < -0.39 is 28.9 Å². The molecular formula is C15H19F3N4O2. The van der Waals surface area contributed by atoms with Crippen LogP contribution in [-0.4, -0.2) is 20.8 Å². The highest BCUT2D eigenvalue weighted by Crippen LogP contribution is 2.34. The number of rotatable bonds is 3. The molecule has 0 atom stereocenters. The molecule has 2 rings (SSSR count). The van der Waals surface area contributed by atoms with Gasteiger partial charge in [-0.1, -0.05) is 5.16 Å². The summed E-state index contributed by atoms with van der Waals surface area (Å²) < 4.78 is 46.0. The van der Waals surface area contributed by atoms with Gasteiger partial charge in [-0.25, -0.2) is 0 Å². The van der Waals surface area contributed by atoms with Crippen LogP contribution in [0, 0.1) is 13.8 Å². The minimum absolute atomic E-state index is 0.0258. The third-order valence-electron chi connectivity index (χ3n) is 3.52. The lowest BCUT2D eigenvalue weighted by Crippen LogP contribution is -2.31. The van der Waals surface area contributed by atoms with E-state index in [0.717, 1.165) is 10.9 Å². The summed E-state index contributed by atoms with van der Waals surface area (Å²) in [6, 6.07) is 0. The summed E-state index contributed by atoms with van der Waals surface area (Å²) in [5.41, 5.74) is -1.27. The van der Waals surface area contributed by atoms with Crippen LogP contribution in [0.25, 0.3) is 0 Å². The quantitative estimate of drug-likeness (QED) is 0.928. The number of amides is 1. The smallest absolute Gasteiger partial charge is 0.361 e. The van der Waals surface area contributed by atoms with Crippen LogP contribution >= 0.6 is 0 Å². The highest BCUT2D eigenvalue weighted by atomic mass is 19.4. The fourth-order valence-electron chi connectivity index (χ4n) is 2.31. The molecule has 0 radical (unpaired) electrons. The summed E-state index contributed by atoms with van der Waals surface area (Å²) in [6.45, 7) is 8.14. The molecule has 0 bridgehead atoms. The monoisotopic (exact) mass is 344 g/mol. The Morgan fingerprint density at radius 2 is 1.92 bits per heavy atom. The Hall–Kier alpha value is -2.32. The number of carbonyl (C=O) groups excluding carboxylic acids is 1. The van der Waals surface area contributed by atoms with Crippen molar-refractivity contribution in [2.75, 3.05) is 0 Å². The van der Waals surface area contributed by atoms with Crippen molar-refractivity contribution in [2.24, 2.45) is 0 Å². The van der Waals surface area contributed by atoms with Gasteiger partial charge in [0.15, 0.2) is 5.69 Å². The van der Waals surface area contributed by atoms with Gasteiger partial charge in [0.05, 0.1) is 23.0 Å². The Kier molecular flexibility index (Phi) is 4.47. The van der Waals surface area contributed by atoms with E-state index in [0.29, 0.717) is 17.0 Å². The summed E-state index contributed by atoms with van der Waals surface area (Å²) in [7, 11) is 0. The molecule has 0 aromatic carbocycles. The van der Waals surface area contributed by atoms with Crippen molar-refractivity contribution in [2.45, 2.75) is 52.9 Å². The lowest BCUT2D eigenvalue weighted by atomic mass is 10.1. The summed E-state index contributed by atoms with van der Waals surface area (Å²) in [4.78, 5) is 12.3. The van der Waals surface area contributed by atoms with Crippen molar-refractivity contribution in [3.8, 4) is 0 Å². The van der Waals surface area contributed by atoms with Gasteiger partial charge < -0.3 is 9.84 Å². The zero-order valence-corrected chi connectivity index (χ0v) is 14.1. The van der Waals surface area contributed by atoms with Crippen LogP contribution in [0.3, 0.4) is 0 Å². The van der Waals surface area contributed by atoms with Crippen molar-refractivity contribution in [1.29, 1.82) is 0 Å². The number of alkyl halides is 3. The predicted molar refractivity (Wildman–Crippen MR) is 79.4 cm³/mol. The molecule has 24 heavy (non-hydrogen) atoms. The molecule has 0 saturated carbocycles. The van der Waals surface area contributed by atoms with Crippen molar-refractivity contribution in [1.82, 2.24) is 20.3 Å². The first-order chi connectivity index (χ1) is 10.9. The molecule has 1 amide bonds. The molecule has 1 N–H and O–H groups in total. The Bertz CT molecular complexity index is 734. The number of hydrogen-bond donors (Lipinski definition) is 1. The number of nitrogens with one attached hydrogen (secondary N) is 1. The highest BCUT2D eigenvalue weighted by Gasteiger charge is 2.42. The lowest BCUT2D eigenvalue weighted by Gasteiger charge is -2.23. The molecule has 132 valence electrons. The van der Waals surface area contributed by atoms with Gasteiger partial charge in [0.2, 0.25) is 0 Å². The van der Waals surface area contributed by atoms with E-state index in [-0.39, 0.29) is 6.54 Å². The SMILES string of the molecule is Cc1noc(C)c1CNC(=O)c1cnn(C(C)(C)C)c1C(F)(F)F. The topological polar surface area (TPSA) is 73.0 Å². The van der Waals surface area contributed by atoms with Crippen molar-refractivity contribution >= 4 is 5.91 Å². The summed E-state index contributed by atoms with van der Waals surface area (Å²) in [5, 5.41) is 9.97. The third-order valence-corrected chi connectivity index (χ3v) is 3.52. The predicted octanol–water partition coefficient (Wildman–Crippen LogP) is 3.19. The normalized spacial score (nSPS) is 12.5. The number of hydrogen-bond acceptors (Lipinski definition) is 4. The first kappa shape index (κ1) is 18.0. The standard InChI is InChI=1S/C15H19F3N4O2/c1-8-10(9(2)24-21-8)6-19-13(23)11-7-20-22(14(3,4)5)12(11)15(16,17)18/h7H,6H2,1-5H3,(H,19,23). The van der Waals surface area contributed by atoms with Crippen molar-refractivity contribution in [3.63, 3.8) is 0 Å². The van der Waals surface area contributed by atoms with E-state index in [1.54, 1.807) is 34.6 Å². The molecule has 0 unspecified atom stereocenters. The molecule has 2 aromatic heterocycles. The fraction of sp³-hybridized carbons (Fsp3) is 0.533. The minimum atomic E-state index is -4.69. The second kappa shape index (κ2) is 5.95. The van der Waals surface area contributed by atoms with Crippen molar-refractivity contribution < 1.29 is 22.5 Å². The maximum atomic E-state index is 13.4. The van der Waals surface area contributed by atoms with Gasteiger partial charge in [-0.3, -0.25) is 9.48 Å². The lowest BCUT2D eigenvalue weighted by molar-refractivity contribution is -0.146. The molecule has 0 spiro atoms. The Balaban J connectivity index is 2.32. The van der Waals surface area contributed by atoms with Crippen LogP contribution in [0.5, 0.6) is 0 Å². The molecular weight excluding hydrogens is 325 g/mol. The van der Waals surface area contributed by atoms with Crippen LogP contribution < -0.4 is 5.32 Å². The van der Waals surface area contributed by atoms with E-state index in [1.807, 2.05) is 0 Å². The maximum absolute atomic E-state index is 13.4. The average molecular weight is 344 g/mol. The van der Waals surface area contributed by atoms with Crippen LogP contribution in [0.4, 0.5) is 13.2 Å². The molecule has 2 heterocycles. The van der Waals surface area contributed by atoms with E-state index in [4.69, 9.17) is 4.52 Å². The van der Waals surface area contributed by atoms with Gasteiger partial charge in [0.1, 0.15) is 5.76 Å². The summed E-state index contributed by atoms with van der Waals surface area (Å²) in [6.07, 6.45) is -3.75. The molecule has 2 aromatic rings. The van der Waals surface area contributed by atoms with E-state index in [1.165, 1.54) is 0 Å². The largest absolute Gasteiger partial charge is 0.433 e. The van der Waals surface area contributed by atoms with Gasteiger partial charge in [-0.05, 0) is 34.6 Å². The molecule has 6 nitrogen and oxygen atoms in total. The van der Waals surface area contributed by atoms with Gasteiger partial charge in [-0.2, -0.15) is 18.3 Å². The zero-order valence-electron chi connectivity index (χ0n) is 14.1. The van der Waals surface area contributed by atoms with Crippen molar-refractivity contribution in [3.05, 3.63) is 34.5 Å². The maximum Gasteiger partial charge on any atom is 0.433 e. The van der Waals surface area contributed by atoms with Crippen LogP contribution in [0.2, 0.25) is 0 Å². The zero-order chi connectivity index (χ0) is 18.3. The Morgan fingerprint density at radius 3 is 2.38 bits per heavy atom. The minimum Gasteiger partial charge on any atom is -0.361 e. The number of carbonyl (C=O) groups is 1. The molecule has 0 aliphatic rings. The van der Waals surface area contributed by atoms with Gasteiger partial charge in [0, 0.05) is 12.1 Å². The molecule has 0 fully saturated rings. The highest BCUT2D eigenvalue weighted by molar-refractivity contribution is 5.95. The number of halogens is 3. The average Bonchev–Trinajstić information content (AvgIpc) is 3.00. The van der Waals surface area contributed by atoms with Crippen LogP contribution in [-0.2, 0) is 18.3 Å². The number of aromatic nitrogens is 3. The van der Waals surface area contributed by atoms with Crippen LogP contribution in [0.1, 0.15) is 53.8 Å². The molecule has 0 aliphatic heterocycles. The third kappa shape index (κ3) is 3.44. The number of nitrogens with zero attached hydrogens (tertiary/aromatic N) is 3. The molecule has 0 aliphatic carbocycles. The Morgan fingerprint density at radius 1 is 1.29 bits per heavy atom. The second-order valence-corrected chi connectivity index (χ2v) is 6.47. The van der Waals surface area contributed by atoms with Gasteiger partial charge in [-0.15, -0.1) is 0 Å². The fourth-order valence-corrected chi connectivity index (χ4v) is 2.31. The van der Waals surface area contributed by atoms with E-state index in [2.05, 4.69) is 15.6 Å². The van der Waals surface area contributed by atoms with Crippen LogP contribution in [0.15, 0.2) is 10.7 Å². The van der Waals surface area contributed by atoms with E-state index >= 15 is 0 Å². The molecule has 9 heteroatoms. The van der Waals surface area contributed by atoms with Gasteiger partial charge >= 0.3 is 6.18 Å². The number of aryl methyl sites for hydroxylation is 2. The molecule has 0 saturated heterocycles. The first-order valence-electron chi connectivity index (χ1n) is 7.28. The van der Waals surface area contributed by atoms with E-state index in [9.17, 15) is 18.0 Å². The summed E-state index contributed by atoms with van der Waals surface area (Å²) >= 11 is 0. The summed E-state index contributed by atoms with van der Waals surface area (Å²) in [5.74, 6) is -0.341. The Labute approximate surface area is 137 Å². The van der Waals surface area contributed by atoms with Gasteiger partial charge in [0.25, 0.3) is 5.91 Å².